The summed E-state index contributed by atoms with van der Waals surface area (Å²) in [6, 6.07) is 0.827. The van der Waals surface area contributed by atoms with Crippen molar-refractivity contribution in [2.45, 2.75) is 46.4 Å². The Bertz CT molecular complexity index is 297. The van der Waals surface area contributed by atoms with Crippen LogP contribution in [-0.4, -0.2) is 72.2 Å². The van der Waals surface area contributed by atoms with Crippen LogP contribution in [0.15, 0.2) is 4.99 Å². The Hall–Kier alpha value is -0.633. The molecule has 0 amide bonds. The summed E-state index contributed by atoms with van der Waals surface area (Å²) in [5.41, 5.74) is 0. The zero-order valence-corrected chi connectivity index (χ0v) is 16.0. The van der Waals surface area contributed by atoms with Crippen molar-refractivity contribution < 1.29 is 13.3 Å². The Morgan fingerprint density at radius 3 is 1.95 bits per heavy atom. The molecule has 0 saturated heterocycles. The summed E-state index contributed by atoms with van der Waals surface area (Å²) in [6.45, 7) is 9.29. The molecule has 1 atom stereocenters. The minimum atomic E-state index is -2.63. The molecule has 0 aliphatic rings. The Kier molecular flexibility index (Phi) is 9.85. The molecule has 126 valence electrons. The lowest BCUT2D eigenvalue weighted by Crippen LogP contribution is -2.53. The zero-order chi connectivity index (χ0) is 16.5. The first-order chi connectivity index (χ1) is 9.87. The fraction of sp³-hybridized carbons (Fsp3) is 0.929. The first kappa shape index (κ1) is 20.4. The standard InChI is InChI=1S/C14H33N3O3Si/c1-9-12-21(18-10-2,19-11-3)20-13(4)17(8)14(15-5)16(6)7/h13H,9-12H2,1-8H3. The van der Waals surface area contributed by atoms with Gasteiger partial charge in [-0.15, -0.1) is 0 Å². The molecule has 0 bridgehead atoms. The molecule has 0 saturated carbocycles. The van der Waals surface area contributed by atoms with E-state index in [0.717, 1.165) is 18.4 Å². The lowest BCUT2D eigenvalue weighted by Gasteiger charge is -2.37. The van der Waals surface area contributed by atoms with E-state index in [4.69, 9.17) is 13.3 Å². The predicted octanol–water partition coefficient (Wildman–Crippen LogP) is 2.25. The van der Waals surface area contributed by atoms with Crippen molar-refractivity contribution in [2.24, 2.45) is 4.99 Å². The van der Waals surface area contributed by atoms with Crippen LogP contribution in [0.25, 0.3) is 0 Å². The van der Waals surface area contributed by atoms with E-state index in [1.54, 1.807) is 7.05 Å². The molecule has 0 aliphatic carbocycles. The number of nitrogens with zero attached hydrogens (tertiary/aromatic N) is 3. The van der Waals surface area contributed by atoms with Crippen LogP contribution in [0.2, 0.25) is 6.04 Å². The van der Waals surface area contributed by atoms with E-state index in [9.17, 15) is 0 Å². The molecule has 0 fully saturated rings. The van der Waals surface area contributed by atoms with Crippen LogP contribution in [0.1, 0.15) is 34.1 Å². The quantitative estimate of drug-likeness (QED) is 0.282. The summed E-state index contributed by atoms with van der Waals surface area (Å²) >= 11 is 0. The molecule has 0 radical (unpaired) electrons. The SMILES string of the molecule is CCC[Si](OCC)(OCC)OC(C)N(C)C(=NC)N(C)C. The molecule has 0 rings (SSSR count). The van der Waals surface area contributed by atoms with Crippen molar-refractivity contribution >= 4 is 14.8 Å². The molecular weight excluding hydrogens is 286 g/mol. The fourth-order valence-electron chi connectivity index (χ4n) is 2.23. The van der Waals surface area contributed by atoms with Gasteiger partial charge in [-0.2, -0.15) is 0 Å². The summed E-state index contributed by atoms with van der Waals surface area (Å²) in [6.07, 6.45) is 0.813. The van der Waals surface area contributed by atoms with E-state index in [1.165, 1.54) is 0 Å². The Labute approximate surface area is 131 Å². The van der Waals surface area contributed by atoms with Gasteiger partial charge in [0.25, 0.3) is 0 Å². The number of guanidine groups is 1. The second-order valence-electron chi connectivity index (χ2n) is 5.05. The summed E-state index contributed by atoms with van der Waals surface area (Å²) in [4.78, 5) is 8.26. The van der Waals surface area contributed by atoms with Crippen LogP contribution < -0.4 is 0 Å². The maximum atomic E-state index is 6.27. The van der Waals surface area contributed by atoms with Gasteiger partial charge in [-0.05, 0) is 20.8 Å². The summed E-state index contributed by atoms with van der Waals surface area (Å²) < 4.78 is 18.1. The molecule has 21 heavy (non-hydrogen) atoms. The molecule has 0 aromatic rings. The van der Waals surface area contributed by atoms with E-state index >= 15 is 0 Å². The van der Waals surface area contributed by atoms with Gasteiger partial charge in [0.15, 0.2) is 5.96 Å². The van der Waals surface area contributed by atoms with Gasteiger partial charge in [-0.1, -0.05) is 13.3 Å². The smallest absolute Gasteiger partial charge is 0.374 e. The highest BCUT2D eigenvalue weighted by Gasteiger charge is 2.42. The lowest BCUT2D eigenvalue weighted by atomic mass is 10.5. The van der Waals surface area contributed by atoms with Crippen molar-refractivity contribution in [3.63, 3.8) is 0 Å². The fourth-order valence-corrected chi connectivity index (χ4v) is 5.03. The molecule has 0 aromatic heterocycles. The van der Waals surface area contributed by atoms with Gasteiger partial charge in [0.05, 0.1) is 0 Å². The molecule has 0 aromatic carbocycles. The number of hydrogen-bond donors (Lipinski definition) is 0. The number of rotatable bonds is 9. The van der Waals surface area contributed by atoms with Crippen LogP contribution in [0.5, 0.6) is 0 Å². The zero-order valence-electron chi connectivity index (χ0n) is 15.0. The highest BCUT2D eigenvalue weighted by atomic mass is 28.4. The van der Waals surface area contributed by atoms with Crippen molar-refractivity contribution in [3.05, 3.63) is 0 Å². The molecular formula is C14H33N3O3Si. The van der Waals surface area contributed by atoms with Crippen LogP contribution in [0, 0.1) is 0 Å². The van der Waals surface area contributed by atoms with E-state index in [0.29, 0.717) is 13.2 Å². The van der Waals surface area contributed by atoms with Gasteiger partial charge >= 0.3 is 8.80 Å². The van der Waals surface area contributed by atoms with Crippen molar-refractivity contribution in [2.75, 3.05) is 41.4 Å². The minimum absolute atomic E-state index is 0.164. The van der Waals surface area contributed by atoms with Gasteiger partial charge in [0, 0.05) is 47.4 Å². The predicted molar refractivity (Wildman–Crippen MR) is 89.5 cm³/mol. The number of aliphatic imine (C=N–C) groups is 1. The van der Waals surface area contributed by atoms with E-state index in [-0.39, 0.29) is 6.23 Å². The second kappa shape index (κ2) is 10.2. The molecule has 6 nitrogen and oxygen atoms in total. The third kappa shape index (κ3) is 6.33. The maximum Gasteiger partial charge on any atom is 0.502 e. The molecule has 0 spiro atoms. The summed E-state index contributed by atoms with van der Waals surface area (Å²) in [5, 5.41) is 0. The highest BCUT2D eigenvalue weighted by Crippen LogP contribution is 2.21. The minimum Gasteiger partial charge on any atom is -0.374 e. The van der Waals surface area contributed by atoms with E-state index in [2.05, 4.69) is 11.9 Å². The highest BCUT2D eigenvalue weighted by molar-refractivity contribution is 6.60. The third-order valence-electron chi connectivity index (χ3n) is 3.10. The molecule has 0 aliphatic heterocycles. The topological polar surface area (TPSA) is 46.5 Å². The van der Waals surface area contributed by atoms with Crippen LogP contribution in [-0.2, 0) is 13.3 Å². The Balaban J connectivity index is 5.05. The second-order valence-corrected chi connectivity index (χ2v) is 7.72. The van der Waals surface area contributed by atoms with Crippen LogP contribution in [0.4, 0.5) is 0 Å². The third-order valence-corrected chi connectivity index (χ3v) is 6.37. The molecule has 7 heteroatoms. The largest absolute Gasteiger partial charge is 0.502 e. The van der Waals surface area contributed by atoms with E-state index < -0.39 is 8.80 Å². The van der Waals surface area contributed by atoms with Crippen LogP contribution >= 0.6 is 0 Å². The van der Waals surface area contributed by atoms with E-state index in [1.807, 2.05) is 51.7 Å². The molecule has 0 heterocycles. The summed E-state index contributed by atoms with van der Waals surface area (Å²) in [7, 11) is 5.05. The van der Waals surface area contributed by atoms with Gasteiger partial charge < -0.3 is 23.1 Å². The maximum absolute atomic E-state index is 6.27. The number of hydrogen-bond acceptors (Lipinski definition) is 4. The monoisotopic (exact) mass is 319 g/mol. The van der Waals surface area contributed by atoms with Crippen molar-refractivity contribution in [3.8, 4) is 0 Å². The van der Waals surface area contributed by atoms with Gasteiger partial charge in [-0.25, -0.2) is 0 Å². The van der Waals surface area contributed by atoms with Crippen LogP contribution in [0.3, 0.4) is 0 Å². The normalized spacial score (nSPS) is 14.2. The first-order valence-corrected chi connectivity index (χ1v) is 9.63. The van der Waals surface area contributed by atoms with Gasteiger partial charge in [0.2, 0.25) is 0 Å². The Morgan fingerprint density at radius 2 is 1.62 bits per heavy atom. The average Bonchev–Trinajstić information content (AvgIpc) is 2.39. The summed E-state index contributed by atoms with van der Waals surface area (Å²) in [5.74, 6) is 0.856. The van der Waals surface area contributed by atoms with Crippen molar-refractivity contribution in [1.82, 2.24) is 9.80 Å². The van der Waals surface area contributed by atoms with Gasteiger partial charge in [-0.3, -0.25) is 4.99 Å². The molecule has 1 unspecified atom stereocenters. The van der Waals surface area contributed by atoms with Gasteiger partial charge in [0.1, 0.15) is 6.23 Å². The van der Waals surface area contributed by atoms with Crippen molar-refractivity contribution in [1.29, 1.82) is 0 Å². The first-order valence-electron chi connectivity index (χ1n) is 7.70. The lowest BCUT2D eigenvalue weighted by molar-refractivity contribution is -0.00382. The average molecular weight is 320 g/mol. The molecule has 0 N–H and O–H groups in total. The Morgan fingerprint density at radius 1 is 1.10 bits per heavy atom.